The normalized spacial score (nSPS) is 11.0. The van der Waals surface area contributed by atoms with Gasteiger partial charge in [-0.15, -0.1) is 23.1 Å². The minimum Gasteiger partial charge on any atom is -0.129 e. The van der Waals surface area contributed by atoms with Gasteiger partial charge in [-0.1, -0.05) is 15.9 Å². The van der Waals surface area contributed by atoms with Gasteiger partial charge in [-0.2, -0.15) is 0 Å². The molecule has 1 aromatic heterocycles. The van der Waals surface area contributed by atoms with Crippen LogP contribution in [0.2, 0.25) is 0 Å². The molecule has 68 valence electrons. The van der Waals surface area contributed by atoms with Crippen molar-refractivity contribution in [3.63, 3.8) is 0 Å². The Morgan fingerprint density at radius 1 is 1.31 bits per heavy atom. The number of rotatable bonds is 1. The third-order valence-corrected chi connectivity index (χ3v) is 4.59. The molecule has 0 spiro atoms. The van der Waals surface area contributed by atoms with Crippen molar-refractivity contribution >= 4 is 49.1 Å². The summed E-state index contributed by atoms with van der Waals surface area (Å²) in [6.45, 7) is 2.16. The van der Waals surface area contributed by atoms with Crippen molar-refractivity contribution in [1.29, 1.82) is 0 Å². The van der Waals surface area contributed by atoms with E-state index in [0.717, 1.165) is 0 Å². The first-order valence-electron chi connectivity index (χ1n) is 3.94. The number of hydrogen-bond donors (Lipinski definition) is 0. The van der Waals surface area contributed by atoms with Crippen LogP contribution in [0.3, 0.4) is 0 Å². The highest BCUT2D eigenvalue weighted by Crippen LogP contribution is 2.35. The van der Waals surface area contributed by atoms with Crippen molar-refractivity contribution in [1.82, 2.24) is 0 Å². The number of hydrogen-bond acceptors (Lipinski definition) is 2. The molecule has 0 radical (unpaired) electrons. The fourth-order valence-electron chi connectivity index (χ4n) is 1.35. The number of thioether (sulfide) groups is 1. The second kappa shape index (κ2) is 3.64. The van der Waals surface area contributed by atoms with Crippen LogP contribution in [0.5, 0.6) is 0 Å². The van der Waals surface area contributed by atoms with Crippen LogP contribution in [-0.2, 0) is 0 Å². The molecule has 1 heterocycles. The second-order valence-corrected chi connectivity index (χ2v) is 6.01. The molecule has 0 unspecified atom stereocenters. The number of aryl methyl sites for hydroxylation is 1. The van der Waals surface area contributed by atoms with Gasteiger partial charge in [-0.3, -0.25) is 0 Å². The van der Waals surface area contributed by atoms with E-state index < -0.39 is 0 Å². The Labute approximate surface area is 94.5 Å². The van der Waals surface area contributed by atoms with E-state index in [2.05, 4.69) is 47.3 Å². The maximum atomic E-state index is 3.51. The van der Waals surface area contributed by atoms with Crippen LogP contribution in [0.25, 0.3) is 10.1 Å². The predicted molar refractivity (Wildman–Crippen MR) is 66.0 cm³/mol. The largest absolute Gasteiger partial charge is 0.129 e. The average Bonchev–Trinajstić information content (AvgIpc) is 2.47. The summed E-state index contributed by atoms with van der Waals surface area (Å²) >= 11 is 7.19. The van der Waals surface area contributed by atoms with Crippen molar-refractivity contribution in [2.24, 2.45) is 0 Å². The number of fused-ring (bicyclic) bond motifs is 1. The van der Waals surface area contributed by atoms with Gasteiger partial charge in [0.05, 0.1) is 4.21 Å². The zero-order valence-electron chi connectivity index (χ0n) is 7.43. The summed E-state index contributed by atoms with van der Waals surface area (Å²) in [5, 5.41) is 1.39. The molecule has 2 aromatic rings. The van der Waals surface area contributed by atoms with Gasteiger partial charge < -0.3 is 0 Å². The quantitative estimate of drug-likeness (QED) is 0.679. The first kappa shape index (κ1) is 9.56. The molecule has 0 saturated carbocycles. The van der Waals surface area contributed by atoms with Gasteiger partial charge in [0.1, 0.15) is 0 Å². The molecule has 3 heteroatoms. The first-order chi connectivity index (χ1) is 6.20. The number of thiophene rings is 1. The highest BCUT2D eigenvalue weighted by Gasteiger charge is 2.04. The highest BCUT2D eigenvalue weighted by molar-refractivity contribution is 9.10. The van der Waals surface area contributed by atoms with Crippen molar-refractivity contribution in [2.75, 3.05) is 6.26 Å². The minimum absolute atomic E-state index is 1.17. The lowest BCUT2D eigenvalue weighted by Gasteiger charge is -1.95. The van der Waals surface area contributed by atoms with Crippen LogP contribution in [-0.4, -0.2) is 6.26 Å². The summed E-state index contributed by atoms with van der Waals surface area (Å²) in [6.07, 6.45) is 2.12. The van der Waals surface area contributed by atoms with Gasteiger partial charge >= 0.3 is 0 Å². The second-order valence-electron chi connectivity index (χ2n) is 2.90. The molecule has 0 nitrogen and oxygen atoms in total. The van der Waals surface area contributed by atoms with Crippen LogP contribution in [0.4, 0.5) is 0 Å². The van der Waals surface area contributed by atoms with E-state index in [1.807, 2.05) is 23.1 Å². The molecular weight excluding hydrogens is 264 g/mol. The molecule has 0 aliphatic heterocycles. The summed E-state index contributed by atoms with van der Waals surface area (Å²) in [6, 6.07) is 6.62. The highest BCUT2D eigenvalue weighted by atomic mass is 79.9. The zero-order valence-corrected chi connectivity index (χ0v) is 10.6. The maximum absolute atomic E-state index is 3.51. The molecule has 13 heavy (non-hydrogen) atoms. The van der Waals surface area contributed by atoms with Gasteiger partial charge in [0.15, 0.2) is 0 Å². The molecule has 2 rings (SSSR count). The van der Waals surface area contributed by atoms with Crippen molar-refractivity contribution in [3.8, 4) is 0 Å². The predicted octanol–water partition coefficient (Wildman–Crippen LogP) is 4.69. The topological polar surface area (TPSA) is 0 Å². The van der Waals surface area contributed by atoms with E-state index in [-0.39, 0.29) is 0 Å². The van der Waals surface area contributed by atoms with Crippen molar-refractivity contribution in [3.05, 3.63) is 28.2 Å². The Bertz CT molecular complexity index is 445. The van der Waals surface area contributed by atoms with Gasteiger partial charge in [0, 0.05) is 9.17 Å². The maximum Gasteiger partial charge on any atom is 0.0608 e. The van der Waals surface area contributed by atoms with Gasteiger partial charge in [0.2, 0.25) is 0 Å². The summed E-state index contributed by atoms with van der Waals surface area (Å²) in [4.78, 5) is 0. The van der Waals surface area contributed by atoms with E-state index >= 15 is 0 Å². The third kappa shape index (κ3) is 1.78. The third-order valence-electron chi connectivity index (χ3n) is 1.99. The lowest BCUT2D eigenvalue weighted by molar-refractivity contribution is 1.52. The fraction of sp³-hybridized carbons (Fsp3) is 0.200. The molecule has 1 aromatic carbocycles. The zero-order chi connectivity index (χ0) is 9.42. The molecular formula is C10H9BrS2. The molecule has 0 fully saturated rings. The van der Waals surface area contributed by atoms with Gasteiger partial charge in [-0.25, -0.2) is 0 Å². The SMILES string of the molecule is CSc1cc2c(C)cc(Br)cc2s1. The number of benzene rings is 1. The van der Waals surface area contributed by atoms with Gasteiger partial charge in [0.25, 0.3) is 0 Å². The summed E-state index contributed by atoms with van der Waals surface area (Å²) < 4.78 is 3.93. The van der Waals surface area contributed by atoms with Crippen LogP contribution < -0.4 is 0 Å². The lowest BCUT2D eigenvalue weighted by atomic mass is 10.2. The molecule has 0 aliphatic carbocycles. The molecule has 0 atom stereocenters. The van der Waals surface area contributed by atoms with E-state index in [0.29, 0.717) is 0 Å². The molecule has 0 bridgehead atoms. The van der Waals surface area contributed by atoms with E-state index in [9.17, 15) is 0 Å². The van der Waals surface area contributed by atoms with Crippen LogP contribution >= 0.6 is 39.0 Å². The Balaban J connectivity index is 2.75. The van der Waals surface area contributed by atoms with Crippen LogP contribution in [0.15, 0.2) is 26.9 Å². The lowest BCUT2D eigenvalue weighted by Crippen LogP contribution is -1.72. The molecule has 0 saturated heterocycles. The minimum atomic E-state index is 1.17. The Kier molecular flexibility index (Phi) is 2.67. The summed E-state index contributed by atoms with van der Waals surface area (Å²) in [7, 11) is 0. The first-order valence-corrected chi connectivity index (χ1v) is 6.78. The standard InChI is InChI=1S/C10H9BrS2/c1-6-3-7(11)4-9-8(6)5-10(12-2)13-9/h3-5H,1-2H3. The van der Waals surface area contributed by atoms with Gasteiger partial charge in [-0.05, 0) is 42.3 Å². The monoisotopic (exact) mass is 272 g/mol. The molecule has 0 N–H and O–H groups in total. The molecule has 0 amide bonds. The Morgan fingerprint density at radius 3 is 2.77 bits per heavy atom. The van der Waals surface area contributed by atoms with Crippen LogP contribution in [0, 0.1) is 6.92 Å². The van der Waals surface area contributed by atoms with E-state index in [1.54, 1.807) is 0 Å². The Hall–Kier alpha value is 0.01000. The summed E-state index contributed by atoms with van der Waals surface area (Å²) in [5.74, 6) is 0. The molecule has 0 aliphatic rings. The van der Waals surface area contributed by atoms with Crippen molar-refractivity contribution in [2.45, 2.75) is 11.1 Å². The number of halogens is 1. The van der Waals surface area contributed by atoms with E-state index in [1.165, 1.54) is 24.3 Å². The smallest absolute Gasteiger partial charge is 0.0608 e. The van der Waals surface area contributed by atoms with Crippen molar-refractivity contribution < 1.29 is 0 Å². The van der Waals surface area contributed by atoms with E-state index in [4.69, 9.17) is 0 Å². The van der Waals surface area contributed by atoms with Crippen LogP contribution in [0.1, 0.15) is 5.56 Å². The summed E-state index contributed by atoms with van der Waals surface area (Å²) in [5.41, 5.74) is 1.35. The Morgan fingerprint density at radius 2 is 2.08 bits per heavy atom. The fourth-order valence-corrected chi connectivity index (χ4v) is 3.82. The average molecular weight is 273 g/mol.